The Morgan fingerprint density at radius 1 is 1.42 bits per heavy atom. The summed E-state index contributed by atoms with van der Waals surface area (Å²) in [6, 6.07) is 0. The highest BCUT2D eigenvalue weighted by Gasteiger charge is 2.22. The van der Waals surface area contributed by atoms with Gasteiger partial charge in [-0.15, -0.1) is 0 Å². The minimum atomic E-state index is -0.0252. The normalized spacial score (nSPS) is 10.9. The van der Waals surface area contributed by atoms with Gasteiger partial charge in [0.15, 0.2) is 0 Å². The van der Waals surface area contributed by atoms with E-state index in [9.17, 15) is 4.79 Å². The molecule has 0 bridgehead atoms. The van der Waals surface area contributed by atoms with Crippen molar-refractivity contribution >= 4 is 21.7 Å². The number of hydrogen-bond acceptors (Lipinski definition) is 3. The molecule has 2 heterocycles. The molecule has 19 heavy (non-hydrogen) atoms. The Labute approximate surface area is 120 Å². The monoisotopic (exact) mass is 324 g/mol. The van der Waals surface area contributed by atoms with E-state index in [-0.39, 0.29) is 5.78 Å². The van der Waals surface area contributed by atoms with Crippen molar-refractivity contribution in [1.29, 1.82) is 0 Å². The number of aryl methyl sites for hydroxylation is 3. The first-order chi connectivity index (χ1) is 9.08. The molecule has 2 rings (SSSR count). The highest BCUT2D eigenvalue weighted by molar-refractivity contribution is 9.10. The van der Waals surface area contributed by atoms with Gasteiger partial charge >= 0.3 is 0 Å². The molecular formula is C13H17BrN4O. The zero-order valence-corrected chi connectivity index (χ0v) is 12.9. The first-order valence-electron chi connectivity index (χ1n) is 6.37. The molecule has 0 aliphatic rings. The summed E-state index contributed by atoms with van der Waals surface area (Å²) in [5, 5.41) is 8.55. The van der Waals surface area contributed by atoms with Gasteiger partial charge in [-0.05, 0) is 28.8 Å². The van der Waals surface area contributed by atoms with E-state index in [1.165, 1.54) is 0 Å². The lowest BCUT2D eigenvalue weighted by Gasteiger charge is -2.05. The van der Waals surface area contributed by atoms with Crippen molar-refractivity contribution in [3.63, 3.8) is 0 Å². The Bertz CT molecular complexity index is 600. The maximum Gasteiger partial charge on any atom is 0.215 e. The minimum absolute atomic E-state index is 0.0252. The smallest absolute Gasteiger partial charge is 0.215 e. The predicted molar refractivity (Wildman–Crippen MR) is 76.2 cm³/mol. The summed E-state index contributed by atoms with van der Waals surface area (Å²) in [6.07, 6.45) is 5.12. The fourth-order valence-corrected chi connectivity index (χ4v) is 2.56. The van der Waals surface area contributed by atoms with Crippen molar-refractivity contribution in [3.05, 3.63) is 33.8 Å². The van der Waals surface area contributed by atoms with E-state index in [0.717, 1.165) is 29.6 Å². The average molecular weight is 325 g/mol. The van der Waals surface area contributed by atoms with Crippen LogP contribution in [0.3, 0.4) is 0 Å². The maximum atomic E-state index is 12.7. The Kier molecular flexibility index (Phi) is 4.19. The first-order valence-corrected chi connectivity index (χ1v) is 7.16. The number of nitrogens with zero attached hydrogens (tertiary/aromatic N) is 4. The SMILES string of the molecule is CCCn1ncc(Br)c1C(=O)c1cn(C)nc1CC. The van der Waals surface area contributed by atoms with Gasteiger partial charge in [0.1, 0.15) is 5.69 Å². The van der Waals surface area contributed by atoms with Gasteiger partial charge in [0.25, 0.3) is 0 Å². The van der Waals surface area contributed by atoms with Gasteiger partial charge in [0, 0.05) is 19.8 Å². The number of rotatable bonds is 5. The predicted octanol–water partition coefficient (Wildman–Crippen LogP) is 2.58. The van der Waals surface area contributed by atoms with Crippen molar-refractivity contribution in [2.75, 3.05) is 0 Å². The van der Waals surface area contributed by atoms with Crippen molar-refractivity contribution in [2.24, 2.45) is 7.05 Å². The van der Waals surface area contributed by atoms with E-state index in [1.807, 2.05) is 14.0 Å². The number of halogens is 1. The molecule has 102 valence electrons. The summed E-state index contributed by atoms with van der Waals surface area (Å²) in [6.45, 7) is 4.79. The van der Waals surface area contributed by atoms with Crippen LogP contribution in [-0.2, 0) is 20.0 Å². The number of hydrogen-bond donors (Lipinski definition) is 0. The molecule has 5 nitrogen and oxygen atoms in total. The molecule has 0 radical (unpaired) electrons. The molecule has 0 saturated heterocycles. The van der Waals surface area contributed by atoms with Crippen LogP contribution in [0.15, 0.2) is 16.9 Å². The lowest BCUT2D eigenvalue weighted by atomic mass is 10.1. The van der Waals surface area contributed by atoms with Crippen molar-refractivity contribution < 1.29 is 4.79 Å². The largest absolute Gasteiger partial charge is 0.287 e. The van der Waals surface area contributed by atoms with Gasteiger partial charge in [-0.3, -0.25) is 14.2 Å². The minimum Gasteiger partial charge on any atom is -0.287 e. The van der Waals surface area contributed by atoms with Crippen LogP contribution in [0, 0.1) is 0 Å². The third-order valence-corrected chi connectivity index (χ3v) is 3.51. The third-order valence-electron chi connectivity index (χ3n) is 2.93. The van der Waals surface area contributed by atoms with E-state index in [0.29, 0.717) is 11.3 Å². The lowest BCUT2D eigenvalue weighted by molar-refractivity contribution is 0.102. The van der Waals surface area contributed by atoms with Crippen LogP contribution >= 0.6 is 15.9 Å². The molecule has 6 heteroatoms. The van der Waals surface area contributed by atoms with E-state index < -0.39 is 0 Å². The highest BCUT2D eigenvalue weighted by atomic mass is 79.9. The molecule has 0 spiro atoms. The van der Waals surface area contributed by atoms with Crippen LogP contribution in [0.1, 0.15) is 42.0 Å². The van der Waals surface area contributed by atoms with E-state index >= 15 is 0 Å². The van der Waals surface area contributed by atoms with Gasteiger partial charge in [-0.2, -0.15) is 10.2 Å². The maximum absolute atomic E-state index is 12.7. The lowest BCUT2D eigenvalue weighted by Crippen LogP contribution is -2.13. The van der Waals surface area contributed by atoms with Crippen LogP contribution in [0.25, 0.3) is 0 Å². The number of aromatic nitrogens is 4. The number of carbonyl (C=O) groups is 1. The molecule has 0 N–H and O–H groups in total. The summed E-state index contributed by atoms with van der Waals surface area (Å²) in [5.74, 6) is -0.0252. The summed E-state index contributed by atoms with van der Waals surface area (Å²) in [4.78, 5) is 12.7. The highest BCUT2D eigenvalue weighted by Crippen LogP contribution is 2.21. The topological polar surface area (TPSA) is 52.7 Å². The third kappa shape index (κ3) is 2.63. The van der Waals surface area contributed by atoms with Crippen LogP contribution in [0.4, 0.5) is 0 Å². The van der Waals surface area contributed by atoms with Crippen molar-refractivity contribution in [3.8, 4) is 0 Å². The second-order valence-corrected chi connectivity index (χ2v) is 5.26. The zero-order chi connectivity index (χ0) is 14.0. The molecule has 0 unspecified atom stereocenters. The molecule has 0 aliphatic carbocycles. The van der Waals surface area contributed by atoms with E-state index in [2.05, 4.69) is 33.1 Å². The van der Waals surface area contributed by atoms with Crippen molar-refractivity contribution in [1.82, 2.24) is 19.6 Å². The van der Waals surface area contributed by atoms with Crippen LogP contribution in [-0.4, -0.2) is 25.3 Å². The number of ketones is 1. The van der Waals surface area contributed by atoms with Gasteiger partial charge in [-0.25, -0.2) is 0 Å². The molecule has 0 aliphatic heterocycles. The van der Waals surface area contributed by atoms with Gasteiger partial charge in [-0.1, -0.05) is 13.8 Å². The zero-order valence-electron chi connectivity index (χ0n) is 11.4. The van der Waals surface area contributed by atoms with Gasteiger partial charge < -0.3 is 0 Å². The Balaban J connectivity index is 2.46. The second kappa shape index (κ2) is 5.69. The Hall–Kier alpha value is -1.43. The fraction of sp³-hybridized carbons (Fsp3) is 0.462. The van der Waals surface area contributed by atoms with Gasteiger partial charge in [0.2, 0.25) is 5.78 Å². The van der Waals surface area contributed by atoms with Crippen LogP contribution in [0.5, 0.6) is 0 Å². The summed E-state index contributed by atoms with van der Waals surface area (Å²) >= 11 is 3.41. The average Bonchev–Trinajstić information content (AvgIpc) is 2.93. The van der Waals surface area contributed by atoms with E-state index in [1.54, 1.807) is 21.8 Å². The molecule has 2 aromatic rings. The van der Waals surface area contributed by atoms with Crippen LogP contribution < -0.4 is 0 Å². The molecule has 0 amide bonds. The standard InChI is InChI=1S/C13H17BrN4O/c1-4-6-18-12(10(14)7-15-18)13(19)9-8-17(3)16-11(9)5-2/h7-8H,4-6H2,1-3H3. The Morgan fingerprint density at radius 2 is 2.16 bits per heavy atom. The molecule has 0 atom stereocenters. The van der Waals surface area contributed by atoms with Crippen molar-refractivity contribution in [2.45, 2.75) is 33.2 Å². The number of carbonyl (C=O) groups excluding carboxylic acids is 1. The Morgan fingerprint density at radius 3 is 2.79 bits per heavy atom. The quantitative estimate of drug-likeness (QED) is 0.794. The van der Waals surface area contributed by atoms with Gasteiger partial charge in [0.05, 0.1) is 21.9 Å². The summed E-state index contributed by atoms with van der Waals surface area (Å²) in [5.41, 5.74) is 2.08. The fourth-order valence-electron chi connectivity index (χ4n) is 2.08. The van der Waals surface area contributed by atoms with E-state index in [4.69, 9.17) is 0 Å². The first kappa shape index (κ1) is 14.0. The summed E-state index contributed by atoms with van der Waals surface area (Å²) in [7, 11) is 1.83. The molecule has 0 fully saturated rings. The molecule has 0 saturated carbocycles. The second-order valence-electron chi connectivity index (χ2n) is 4.41. The molecule has 0 aromatic carbocycles. The molecular weight excluding hydrogens is 308 g/mol. The molecule has 2 aromatic heterocycles. The summed E-state index contributed by atoms with van der Waals surface area (Å²) < 4.78 is 4.16. The van der Waals surface area contributed by atoms with Crippen LogP contribution in [0.2, 0.25) is 0 Å².